The molecule has 0 aliphatic carbocycles. The molecule has 1 aromatic heterocycles. The van der Waals surface area contributed by atoms with Crippen molar-refractivity contribution in [2.45, 2.75) is 25.3 Å². The van der Waals surface area contributed by atoms with Gasteiger partial charge in [-0.25, -0.2) is 8.42 Å². The van der Waals surface area contributed by atoms with Gasteiger partial charge in [-0.1, -0.05) is 32.0 Å². The molecule has 2 rings (SSSR count). The summed E-state index contributed by atoms with van der Waals surface area (Å²) >= 11 is 4.95. The second-order valence-electron chi connectivity index (χ2n) is 5.38. The first-order chi connectivity index (χ1) is 11.5. The number of rotatable bonds is 9. The van der Waals surface area contributed by atoms with Crippen LogP contribution in [-0.4, -0.2) is 43.8 Å². The Morgan fingerprint density at radius 2 is 1.75 bits per heavy atom. The Kier molecular flexibility index (Phi) is 7.43. The molecular weight excluding hydrogens is 408 g/mol. The Morgan fingerprint density at radius 1 is 1.04 bits per heavy atom. The minimum Gasteiger partial charge on any atom is -0.303 e. The summed E-state index contributed by atoms with van der Waals surface area (Å²) in [5.74, 6) is 0. The van der Waals surface area contributed by atoms with Crippen molar-refractivity contribution in [3.63, 3.8) is 0 Å². The zero-order chi connectivity index (χ0) is 17.6. The SMILES string of the molecule is CCN(CC)CCN(Cc1cccs1)S(=O)(=O)c1ccccc1Br. The fraction of sp³-hybridized carbons (Fsp3) is 0.412. The molecule has 7 heteroatoms. The van der Waals surface area contributed by atoms with Gasteiger partial charge in [0.1, 0.15) is 0 Å². The van der Waals surface area contributed by atoms with Gasteiger partial charge in [-0.05, 0) is 52.6 Å². The standard InChI is InChI=1S/C17H23BrN2O2S2/c1-3-19(4-2)11-12-20(14-15-8-7-13-23-15)24(21,22)17-10-6-5-9-16(17)18/h5-10,13H,3-4,11-12,14H2,1-2H3. The molecule has 0 unspecified atom stereocenters. The van der Waals surface area contributed by atoms with Gasteiger partial charge in [0.25, 0.3) is 0 Å². The molecule has 0 spiro atoms. The summed E-state index contributed by atoms with van der Waals surface area (Å²) < 4.78 is 28.5. The monoisotopic (exact) mass is 430 g/mol. The Morgan fingerprint density at radius 3 is 2.33 bits per heavy atom. The fourth-order valence-corrected chi connectivity index (χ4v) is 5.62. The number of hydrogen-bond acceptors (Lipinski definition) is 4. The van der Waals surface area contributed by atoms with Gasteiger partial charge in [-0.2, -0.15) is 4.31 Å². The first kappa shape index (κ1) is 19.6. The summed E-state index contributed by atoms with van der Waals surface area (Å²) in [5, 5.41) is 1.98. The Balaban J connectivity index is 2.28. The Hall–Kier alpha value is -0.730. The lowest BCUT2D eigenvalue weighted by Gasteiger charge is -2.26. The zero-order valence-corrected chi connectivity index (χ0v) is 17.2. The van der Waals surface area contributed by atoms with Gasteiger partial charge in [0, 0.05) is 29.0 Å². The predicted molar refractivity (Wildman–Crippen MR) is 104 cm³/mol. The third kappa shape index (κ3) is 4.89. The van der Waals surface area contributed by atoms with Crippen LogP contribution in [0.4, 0.5) is 0 Å². The van der Waals surface area contributed by atoms with E-state index in [1.54, 1.807) is 33.8 Å². The first-order valence-corrected chi connectivity index (χ1v) is 11.1. The molecule has 132 valence electrons. The molecule has 1 aromatic carbocycles. The summed E-state index contributed by atoms with van der Waals surface area (Å²) in [7, 11) is -3.55. The van der Waals surface area contributed by atoms with Crippen molar-refractivity contribution in [1.29, 1.82) is 0 Å². The molecule has 0 fully saturated rings. The highest BCUT2D eigenvalue weighted by Gasteiger charge is 2.27. The third-order valence-electron chi connectivity index (χ3n) is 3.93. The van der Waals surface area contributed by atoms with E-state index in [2.05, 4.69) is 34.7 Å². The van der Waals surface area contributed by atoms with E-state index in [-0.39, 0.29) is 0 Å². The van der Waals surface area contributed by atoms with Gasteiger partial charge >= 0.3 is 0 Å². The summed E-state index contributed by atoms with van der Waals surface area (Å²) in [6.07, 6.45) is 0. The van der Waals surface area contributed by atoms with E-state index in [1.807, 2.05) is 23.6 Å². The molecule has 0 saturated carbocycles. The zero-order valence-electron chi connectivity index (χ0n) is 14.0. The molecule has 0 atom stereocenters. The molecule has 0 radical (unpaired) electrons. The van der Waals surface area contributed by atoms with Crippen molar-refractivity contribution in [1.82, 2.24) is 9.21 Å². The van der Waals surface area contributed by atoms with Crippen molar-refractivity contribution < 1.29 is 8.42 Å². The summed E-state index contributed by atoms with van der Waals surface area (Å²) in [6.45, 7) is 7.62. The highest BCUT2D eigenvalue weighted by atomic mass is 79.9. The number of likely N-dealkylation sites (N-methyl/N-ethyl adjacent to an activating group) is 1. The summed E-state index contributed by atoms with van der Waals surface area (Å²) in [4.78, 5) is 3.60. The third-order valence-corrected chi connectivity index (χ3v) is 7.65. The van der Waals surface area contributed by atoms with E-state index in [9.17, 15) is 8.42 Å². The first-order valence-electron chi connectivity index (χ1n) is 7.98. The maximum atomic E-state index is 13.2. The second-order valence-corrected chi connectivity index (χ2v) is 9.17. The lowest BCUT2D eigenvalue weighted by Crippen LogP contribution is -2.38. The smallest absolute Gasteiger partial charge is 0.244 e. The molecule has 2 aromatic rings. The van der Waals surface area contributed by atoms with E-state index in [1.165, 1.54) is 0 Å². The maximum absolute atomic E-state index is 13.2. The lowest BCUT2D eigenvalue weighted by molar-refractivity contribution is 0.269. The van der Waals surface area contributed by atoms with E-state index in [4.69, 9.17) is 0 Å². The number of halogens is 1. The number of nitrogens with zero attached hydrogens (tertiary/aromatic N) is 2. The van der Waals surface area contributed by atoms with Crippen molar-refractivity contribution in [2.75, 3.05) is 26.2 Å². The van der Waals surface area contributed by atoms with Crippen molar-refractivity contribution >= 4 is 37.3 Å². The van der Waals surface area contributed by atoms with Crippen molar-refractivity contribution in [3.05, 3.63) is 51.1 Å². The molecule has 0 bridgehead atoms. The molecular formula is C17H23BrN2O2S2. The van der Waals surface area contributed by atoms with Crippen molar-refractivity contribution in [2.24, 2.45) is 0 Å². The van der Waals surface area contributed by atoms with Crippen LogP contribution >= 0.6 is 27.3 Å². The topological polar surface area (TPSA) is 40.6 Å². The van der Waals surface area contributed by atoms with Crippen LogP contribution in [-0.2, 0) is 16.6 Å². The highest BCUT2D eigenvalue weighted by Crippen LogP contribution is 2.26. The van der Waals surface area contributed by atoms with Gasteiger partial charge in [0.15, 0.2) is 0 Å². The summed E-state index contributed by atoms with van der Waals surface area (Å²) in [6, 6.07) is 10.9. The molecule has 0 saturated heterocycles. The number of sulfonamides is 1. The minimum absolute atomic E-state index is 0.320. The molecule has 24 heavy (non-hydrogen) atoms. The van der Waals surface area contributed by atoms with Crippen LogP contribution in [0.2, 0.25) is 0 Å². The van der Waals surface area contributed by atoms with Crippen molar-refractivity contribution in [3.8, 4) is 0 Å². The molecule has 1 heterocycles. The highest BCUT2D eigenvalue weighted by molar-refractivity contribution is 9.10. The minimum atomic E-state index is -3.55. The van der Waals surface area contributed by atoms with Crippen LogP contribution < -0.4 is 0 Å². The van der Waals surface area contributed by atoms with Gasteiger partial charge < -0.3 is 4.90 Å². The van der Waals surface area contributed by atoms with E-state index >= 15 is 0 Å². The predicted octanol–water partition coefficient (Wildman–Crippen LogP) is 4.04. The van der Waals surface area contributed by atoms with Crippen LogP contribution in [0, 0.1) is 0 Å². The normalized spacial score (nSPS) is 12.2. The second kappa shape index (κ2) is 9.10. The lowest BCUT2D eigenvalue weighted by atomic mass is 10.4. The van der Waals surface area contributed by atoms with Crippen LogP contribution in [0.5, 0.6) is 0 Å². The molecule has 0 amide bonds. The Labute approximate surface area is 157 Å². The van der Waals surface area contributed by atoms with Gasteiger partial charge in [0.2, 0.25) is 10.0 Å². The number of hydrogen-bond donors (Lipinski definition) is 0. The fourth-order valence-electron chi connectivity index (χ4n) is 2.45. The van der Waals surface area contributed by atoms with E-state index in [0.717, 1.165) is 24.5 Å². The number of thiophene rings is 1. The number of benzene rings is 1. The molecule has 0 aliphatic heterocycles. The average Bonchev–Trinajstić information content (AvgIpc) is 3.08. The van der Waals surface area contributed by atoms with Gasteiger partial charge in [0.05, 0.1) is 4.90 Å². The van der Waals surface area contributed by atoms with Gasteiger partial charge in [-0.15, -0.1) is 11.3 Å². The maximum Gasteiger partial charge on any atom is 0.244 e. The van der Waals surface area contributed by atoms with Crippen LogP contribution in [0.15, 0.2) is 51.1 Å². The average molecular weight is 431 g/mol. The van der Waals surface area contributed by atoms with Crippen LogP contribution in [0.25, 0.3) is 0 Å². The van der Waals surface area contributed by atoms with Gasteiger partial charge in [-0.3, -0.25) is 0 Å². The molecule has 0 aliphatic rings. The summed E-state index contributed by atoms with van der Waals surface area (Å²) in [5.41, 5.74) is 0. The molecule has 4 nitrogen and oxygen atoms in total. The largest absolute Gasteiger partial charge is 0.303 e. The van der Waals surface area contributed by atoms with Crippen LogP contribution in [0.3, 0.4) is 0 Å². The van der Waals surface area contributed by atoms with E-state index in [0.29, 0.717) is 22.5 Å². The van der Waals surface area contributed by atoms with E-state index < -0.39 is 10.0 Å². The quantitative estimate of drug-likeness (QED) is 0.602. The molecule has 0 N–H and O–H groups in total. The van der Waals surface area contributed by atoms with Crippen LogP contribution in [0.1, 0.15) is 18.7 Å². The Bertz CT molecular complexity index is 729.